The summed E-state index contributed by atoms with van der Waals surface area (Å²) in [6.45, 7) is 4.72. The third-order valence-electron chi connectivity index (χ3n) is 7.59. The highest BCUT2D eigenvalue weighted by molar-refractivity contribution is 14.1. The number of fused-ring (bicyclic) bond motifs is 2. The molecule has 0 fully saturated rings. The van der Waals surface area contributed by atoms with E-state index in [0.29, 0.717) is 51.7 Å². The van der Waals surface area contributed by atoms with Gasteiger partial charge in [0, 0.05) is 0 Å². The summed E-state index contributed by atoms with van der Waals surface area (Å²) in [7, 11) is 1.35. The number of methoxy groups -OCH3 is 1. The van der Waals surface area contributed by atoms with Gasteiger partial charge in [-0.2, -0.15) is 0 Å². The molecule has 9 heteroatoms. The van der Waals surface area contributed by atoms with Crippen LogP contribution in [-0.4, -0.2) is 24.3 Å². The van der Waals surface area contributed by atoms with Gasteiger partial charge in [-0.05, 0) is 87.7 Å². The van der Waals surface area contributed by atoms with Crippen LogP contribution in [0.15, 0.2) is 106 Å². The molecule has 45 heavy (non-hydrogen) atoms. The van der Waals surface area contributed by atoms with E-state index in [1.54, 1.807) is 4.57 Å². The third kappa shape index (κ3) is 6.19. The van der Waals surface area contributed by atoms with Crippen LogP contribution in [0.4, 0.5) is 0 Å². The SMILES string of the molecule is CCOc1cc(/C=c2\sc3n(c2=O)[C@@H](c2ccccc2)C(C(=O)OC)=C(CC)N=3)cc(I)c1OCc1ccc2ccccc2c1. The molecule has 1 aliphatic rings. The minimum atomic E-state index is -0.642. The number of esters is 1. The summed E-state index contributed by atoms with van der Waals surface area (Å²) in [6.07, 6.45) is 2.37. The Balaban J connectivity index is 1.39. The quantitative estimate of drug-likeness (QED) is 0.127. The zero-order valence-electron chi connectivity index (χ0n) is 25.1. The van der Waals surface area contributed by atoms with Crippen LogP contribution >= 0.6 is 33.9 Å². The lowest BCUT2D eigenvalue weighted by atomic mass is 9.95. The Labute approximate surface area is 278 Å². The molecule has 0 bridgehead atoms. The van der Waals surface area contributed by atoms with Crippen LogP contribution in [0.2, 0.25) is 0 Å². The molecule has 0 unspecified atom stereocenters. The molecule has 7 nitrogen and oxygen atoms in total. The van der Waals surface area contributed by atoms with Crippen LogP contribution in [0.5, 0.6) is 11.5 Å². The van der Waals surface area contributed by atoms with E-state index in [0.717, 1.165) is 25.6 Å². The number of allylic oxidation sites excluding steroid dienone is 1. The Morgan fingerprint density at radius 2 is 1.73 bits per heavy atom. The first kappa shape index (κ1) is 30.8. The Morgan fingerprint density at radius 1 is 0.978 bits per heavy atom. The summed E-state index contributed by atoms with van der Waals surface area (Å²) in [4.78, 5) is 32.3. The lowest BCUT2D eigenvalue weighted by molar-refractivity contribution is -0.136. The maximum atomic E-state index is 14.0. The predicted octanol–water partition coefficient (Wildman–Crippen LogP) is 6.53. The van der Waals surface area contributed by atoms with Crippen molar-refractivity contribution in [3.05, 3.63) is 136 Å². The van der Waals surface area contributed by atoms with E-state index in [4.69, 9.17) is 19.2 Å². The maximum absolute atomic E-state index is 14.0. The van der Waals surface area contributed by atoms with Crippen LogP contribution in [0, 0.1) is 3.57 Å². The zero-order chi connectivity index (χ0) is 31.5. The van der Waals surface area contributed by atoms with Crippen LogP contribution in [-0.2, 0) is 16.1 Å². The molecule has 0 spiro atoms. The van der Waals surface area contributed by atoms with Crippen LogP contribution in [0.25, 0.3) is 16.8 Å². The van der Waals surface area contributed by atoms with E-state index >= 15 is 0 Å². The molecular formula is C36H31IN2O5S. The molecule has 1 atom stereocenters. The molecule has 1 aliphatic heterocycles. The summed E-state index contributed by atoms with van der Waals surface area (Å²) in [5.41, 5.74) is 3.44. The molecule has 228 valence electrons. The zero-order valence-corrected chi connectivity index (χ0v) is 28.1. The van der Waals surface area contributed by atoms with Gasteiger partial charge in [-0.1, -0.05) is 85.0 Å². The van der Waals surface area contributed by atoms with Gasteiger partial charge in [0.15, 0.2) is 16.3 Å². The maximum Gasteiger partial charge on any atom is 0.338 e. The molecule has 0 amide bonds. The van der Waals surface area contributed by atoms with E-state index in [1.807, 2.05) is 74.5 Å². The lowest BCUT2D eigenvalue weighted by Gasteiger charge is -2.25. The number of rotatable bonds is 9. The second-order valence-corrected chi connectivity index (χ2v) is 12.6. The molecule has 1 aromatic heterocycles. The summed E-state index contributed by atoms with van der Waals surface area (Å²) < 4.78 is 20.4. The van der Waals surface area contributed by atoms with Crippen molar-refractivity contribution in [3.8, 4) is 11.5 Å². The largest absolute Gasteiger partial charge is 0.490 e. The summed E-state index contributed by atoms with van der Waals surface area (Å²) in [5.74, 6) is 0.769. The standard InChI is InChI=1S/C36H31IN2O5S/c1-4-28-31(35(41)42-3)32(25-12-7-6-8-13-25)39-34(40)30(45-36(39)38-28)20-23-18-27(37)33(29(19-23)43-5-2)44-21-22-15-16-24-11-9-10-14-26(24)17-22/h6-20,32H,4-5,21H2,1-3H3/b30-20-/t32-/m0/s1. The number of nitrogens with zero attached hydrogens (tertiary/aromatic N) is 2. The Morgan fingerprint density at radius 3 is 2.47 bits per heavy atom. The Bertz CT molecular complexity index is 2120. The van der Waals surface area contributed by atoms with Crippen LogP contribution in [0.3, 0.4) is 0 Å². The number of carbonyl (C=O) groups excluding carboxylic acids is 1. The molecule has 0 saturated carbocycles. The lowest BCUT2D eigenvalue weighted by Crippen LogP contribution is -2.40. The number of thiazole rings is 1. The van der Waals surface area contributed by atoms with Gasteiger partial charge >= 0.3 is 5.97 Å². The first-order chi connectivity index (χ1) is 21.9. The molecule has 2 heterocycles. The predicted molar refractivity (Wildman–Crippen MR) is 185 cm³/mol. The molecule has 0 radical (unpaired) electrons. The molecule has 4 aromatic carbocycles. The number of benzene rings is 4. The monoisotopic (exact) mass is 730 g/mol. The van der Waals surface area contributed by atoms with Crippen LogP contribution in [0.1, 0.15) is 43.0 Å². The third-order valence-corrected chi connectivity index (χ3v) is 9.38. The highest BCUT2D eigenvalue weighted by Crippen LogP contribution is 2.36. The van der Waals surface area contributed by atoms with Gasteiger partial charge < -0.3 is 14.2 Å². The second-order valence-electron chi connectivity index (χ2n) is 10.4. The fourth-order valence-electron chi connectivity index (χ4n) is 5.52. The average Bonchev–Trinajstić information content (AvgIpc) is 3.37. The molecule has 0 aliphatic carbocycles. The van der Waals surface area contributed by atoms with Crippen LogP contribution < -0.4 is 24.4 Å². The number of aromatic nitrogens is 1. The summed E-state index contributed by atoms with van der Waals surface area (Å²) in [5, 5.41) is 2.34. The van der Waals surface area contributed by atoms with E-state index in [2.05, 4.69) is 52.9 Å². The molecule has 5 aromatic rings. The first-order valence-electron chi connectivity index (χ1n) is 14.7. The van der Waals surface area contributed by atoms with Crippen molar-refractivity contribution in [2.75, 3.05) is 13.7 Å². The minimum absolute atomic E-state index is 0.228. The fourth-order valence-corrected chi connectivity index (χ4v) is 7.33. The molecular weight excluding hydrogens is 699 g/mol. The van der Waals surface area contributed by atoms with Crippen molar-refractivity contribution in [1.82, 2.24) is 4.57 Å². The van der Waals surface area contributed by atoms with Crippen molar-refractivity contribution in [2.24, 2.45) is 4.99 Å². The topological polar surface area (TPSA) is 79.1 Å². The molecule has 0 N–H and O–H groups in total. The highest BCUT2D eigenvalue weighted by atomic mass is 127. The summed E-state index contributed by atoms with van der Waals surface area (Å²) >= 11 is 3.55. The van der Waals surface area contributed by atoms with Gasteiger partial charge in [-0.15, -0.1) is 0 Å². The number of hydrogen-bond acceptors (Lipinski definition) is 7. The van der Waals surface area contributed by atoms with Gasteiger partial charge in [0.2, 0.25) is 0 Å². The Kier molecular flexibility index (Phi) is 9.18. The number of ether oxygens (including phenoxy) is 3. The van der Waals surface area contributed by atoms with E-state index in [1.165, 1.54) is 23.8 Å². The van der Waals surface area contributed by atoms with Crippen molar-refractivity contribution in [2.45, 2.75) is 32.9 Å². The van der Waals surface area contributed by atoms with Gasteiger partial charge in [0.25, 0.3) is 5.56 Å². The summed E-state index contributed by atoms with van der Waals surface area (Å²) in [6, 6.07) is 27.3. The number of halogens is 1. The molecule has 0 saturated heterocycles. The highest BCUT2D eigenvalue weighted by Gasteiger charge is 2.33. The number of hydrogen-bond donors (Lipinski definition) is 0. The van der Waals surface area contributed by atoms with Gasteiger partial charge in [-0.25, -0.2) is 9.79 Å². The van der Waals surface area contributed by atoms with Crippen molar-refractivity contribution in [3.63, 3.8) is 0 Å². The van der Waals surface area contributed by atoms with E-state index < -0.39 is 12.0 Å². The average molecular weight is 731 g/mol. The van der Waals surface area contributed by atoms with Crippen molar-refractivity contribution in [1.29, 1.82) is 0 Å². The Hall–Kier alpha value is -4.22. The smallest absolute Gasteiger partial charge is 0.338 e. The van der Waals surface area contributed by atoms with Crippen molar-refractivity contribution >= 4 is 56.7 Å². The van der Waals surface area contributed by atoms with Gasteiger partial charge in [-0.3, -0.25) is 9.36 Å². The van der Waals surface area contributed by atoms with Gasteiger partial charge in [0.1, 0.15) is 6.61 Å². The number of carbonyl (C=O) groups is 1. The van der Waals surface area contributed by atoms with Gasteiger partial charge in [0.05, 0.1) is 39.1 Å². The second kappa shape index (κ2) is 13.4. The molecule has 6 rings (SSSR count). The minimum Gasteiger partial charge on any atom is -0.490 e. The van der Waals surface area contributed by atoms with Crippen molar-refractivity contribution < 1.29 is 19.0 Å². The normalized spacial score (nSPS) is 14.7. The fraction of sp³-hybridized carbons (Fsp3) is 0.194. The first-order valence-corrected chi connectivity index (χ1v) is 16.6. The van der Waals surface area contributed by atoms with E-state index in [-0.39, 0.29) is 5.56 Å². The van der Waals surface area contributed by atoms with E-state index in [9.17, 15) is 9.59 Å².